The molecule has 3 nitrogen and oxygen atoms in total. The van der Waals surface area contributed by atoms with Gasteiger partial charge in [0, 0.05) is 6.08 Å². The maximum atomic E-state index is 8.80. The Morgan fingerprint density at radius 2 is 1.79 bits per heavy atom. The lowest BCUT2D eigenvalue weighted by Gasteiger charge is -2.28. The van der Waals surface area contributed by atoms with Gasteiger partial charge in [0.1, 0.15) is 0 Å². The van der Waals surface area contributed by atoms with Gasteiger partial charge >= 0.3 is 0 Å². The lowest BCUT2D eigenvalue weighted by atomic mass is 9.84. The molecule has 2 rings (SSSR count). The second-order valence-corrected chi connectivity index (χ2v) is 6.26. The van der Waals surface area contributed by atoms with Crippen LogP contribution in [0.5, 0.6) is 0 Å². The average molecular weight is 320 g/mol. The van der Waals surface area contributed by atoms with Gasteiger partial charge in [-0.2, -0.15) is 10.5 Å². The molecule has 0 N–H and O–H groups in total. The summed E-state index contributed by atoms with van der Waals surface area (Å²) in [5.74, 6) is 0.796. The number of nitrogens with zero attached hydrogens (tertiary/aromatic N) is 2. The summed E-state index contributed by atoms with van der Waals surface area (Å²) in [5.41, 5.74) is 1.82. The smallest absolute Gasteiger partial charge is 0.0991 e. The minimum Gasteiger partial charge on any atom is -0.374 e. The van der Waals surface area contributed by atoms with Crippen LogP contribution in [0.1, 0.15) is 49.7 Å². The number of rotatable bonds is 7. The highest BCUT2D eigenvalue weighted by Crippen LogP contribution is 2.30. The lowest BCUT2D eigenvalue weighted by molar-refractivity contribution is 0.00647. The quantitative estimate of drug-likeness (QED) is 0.522. The van der Waals surface area contributed by atoms with Gasteiger partial charge in [-0.05, 0) is 62.1 Å². The predicted molar refractivity (Wildman–Crippen MR) is 94.8 cm³/mol. The Labute approximate surface area is 144 Å². The normalized spacial score (nSPS) is 20.9. The highest BCUT2D eigenvalue weighted by atomic mass is 16.5. The van der Waals surface area contributed by atoms with E-state index in [1.54, 1.807) is 6.08 Å². The van der Waals surface area contributed by atoms with E-state index in [2.05, 4.69) is 12.1 Å². The van der Waals surface area contributed by atoms with Crippen molar-refractivity contribution in [3.05, 3.63) is 59.7 Å². The van der Waals surface area contributed by atoms with Crippen molar-refractivity contribution in [3.63, 3.8) is 0 Å². The molecule has 1 aromatic carbocycles. The van der Waals surface area contributed by atoms with E-state index in [0.29, 0.717) is 18.3 Å². The Bertz CT molecular complexity index is 623. The molecule has 24 heavy (non-hydrogen) atoms. The average Bonchev–Trinajstić information content (AvgIpc) is 2.64. The van der Waals surface area contributed by atoms with Crippen LogP contribution < -0.4 is 0 Å². The van der Waals surface area contributed by atoms with Gasteiger partial charge in [-0.3, -0.25) is 0 Å². The first-order valence-corrected chi connectivity index (χ1v) is 8.63. The maximum Gasteiger partial charge on any atom is 0.0991 e. The Morgan fingerprint density at radius 1 is 1.04 bits per heavy atom. The number of ether oxygens (including phenoxy) is 1. The molecule has 0 saturated heterocycles. The molecule has 0 radical (unpaired) electrons. The Morgan fingerprint density at radius 3 is 2.46 bits per heavy atom. The molecule has 1 aliphatic rings. The van der Waals surface area contributed by atoms with Crippen molar-refractivity contribution in [1.82, 2.24) is 0 Å². The fourth-order valence-corrected chi connectivity index (χ4v) is 3.08. The number of nitriles is 2. The van der Waals surface area contributed by atoms with Gasteiger partial charge in [-0.15, -0.1) is 0 Å². The van der Waals surface area contributed by atoms with Crippen LogP contribution in [0.3, 0.4) is 0 Å². The molecule has 3 heteroatoms. The number of hydrogen-bond donors (Lipinski definition) is 0. The largest absolute Gasteiger partial charge is 0.374 e. The Hall–Kier alpha value is -2.36. The van der Waals surface area contributed by atoms with Gasteiger partial charge in [0.05, 0.1) is 30.4 Å². The zero-order valence-corrected chi connectivity index (χ0v) is 14.0. The van der Waals surface area contributed by atoms with Crippen molar-refractivity contribution in [2.24, 2.45) is 5.92 Å². The van der Waals surface area contributed by atoms with E-state index in [1.807, 2.05) is 36.4 Å². The summed E-state index contributed by atoms with van der Waals surface area (Å²) in [6.07, 6.45) is 14.8. The summed E-state index contributed by atoms with van der Waals surface area (Å²) >= 11 is 0. The Balaban J connectivity index is 1.62. The van der Waals surface area contributed by atoms with Crippen LogP contribution in [-0.2, 0) is 11.3 Å². The van der Waals surface area contributed by atoms with Gasteiger partial charge in [-0.25, -0.2) is 0 Å². The number of allylic oxidation sites excluding steroid dienone is 4. The van der Waals surface area contributed by atoms with Crippen LogP contribution in [0.2, 0.25) is 0 Å². The van der Waals surface area contributed by atoms with E-state index in [0.717, 1.165) is 30.7 Å². The molecule has 0 amide bonds. The van der Waals surface area contributed by atoms with Crippen molar-refractivity contribution in [3.8, 4) is 12.1 Å². The van der Waals surface area contributed by atoms with Gasteiger partial charge in [0.2, 0.25) is 0 Å². The van der Waals surface area contributed by atoms with Gasteiger partial charge in [-0.1, -0.05) is 30.4 Å². The third-order valence-electron chi connectivity index (χ3n) is 4.52. The zero-order valence-electron chi connectivity index (χ0n) is 14.0. The standard InChI is InChI=1S/C21H24N2O/c22-15-5-3-1-2-4-6-18-11-13-21(14-12-18)24-17-20-9-7-19(16-23)8-10-20/h1-3,5,7-10,18,21H,4,6,11-14,17H2. The van der Waals surface area contributed by atoms with Crippen molar-refractivity contribution < 1.29 is 4.74 Å². The highest BCUT2D eigenvalue weighted by molar-refractivity contribution is 5.31. The van der Waals surface area contributed by atoms with Crippen molar-refractivity contribution in [2.45, 2.75) is 51.2 Å². The first kappa shape index (κ1) is 18.0. The fraction of sp³-hybridized carbons (Fsp3) is 0.429. The molecule has 0 unspecified atom stereocenters. The van der Waals surface area contributed by atoms with E-state index in [1.165, 1.54) is 25.3 Å². The molecule has 0 atom stereocenters. The zero-order chi connectivity index (χ0) is 17.0. The summed E-state index contributed by atoms with van der Waals surface area (Å²) < 4.78 is 6.02. The minimum absolute atomic E-state index is 0.367. The second kappa shape index (κ2) is 10.4. The summed E-state index contributed by atoms with van der Waals surface area (Å²) in [7, 11) is 0. The summed E-state index contributed by atoms with van der Waals surface area (Å²) in [6, 6.07) is 11.7. The summed E-state index contributed by atoms with van der Waals surface area (Å²) in [4.78, 5) is 0. The van der Waals surface area contributed by atoms with Crippen LogP contribution in [0, 0.1) is 28.6 Å². The van der Waals surface area contributed by atoms with Gasteiger partial charge in [0.25, 0.3) is 0 Å². The van der Waals surface area contributed by atoms with Crippen molar-refractivity contribution >= 4 is 0 Å². The van der Waals surface area contributed by atoms with Crippen LogP contribution in [0.4, 0.5) is 0 Å². The summed E-state index contributed by atoms with van der Waals surface area (Å²) in [5, 5.41) is 17.2. The van der Waals surface area contributed by atoms with Crippen molar-refractivity contribution in [2.75, 3.05) is 0 Å². The van der Waals surface area contributed by atoms with Crippen molar-refractivity contribution in [1.29, 1.82) is 10.5 Å². The molecule has 0 aromatic heterocycles. The lowest BCUT2D eigenvalue weighted by Crippen LogP contribution is -2.21. The number of benzene rings is 1. The first-order chi connectivity index (χ1) is 11.8. The third kappa shape index (κ3) is 6.41. The molecular weight excluding hydrogens is 296 g/mol. The molecule has 1 aliphatic carbocycles. The molecule has 0 spiro atoms. The predicted octanol–water partition coefficient (Wildman–Crippen LogP) is 5.05. The van der Waals surface area contributed by atoms with E-state index < -0.39 is 0 Å². The monoisotopic (exact) mass is 320 g/mol. The molecule has 1 saturated carbocycles. The van der Waals surface area contributed by atoms with E-state index in [4.69, 9.17) is 15.3 Å². The topological polar surface area (TPSA) is 56.8 Å². The molecule has 1 aromatic rings. The SMILES string of the molecule is N#CC=CC=CCCC1CCC(OCc2ccc(C#N)cc2)CC1. The maximum absolute atomic E-state index is 8.80. The second-order valence-electron chi connectivity index (χ2n) is 6.26. The number of hydrogen-bond acceptors (Lipinski definition) is 3. The van der Waals surface area contributed by atoms with Crippen LogP contribution in [0.15, 0.2) is 48.6 Å². The van der Waals surface area contributed by atoms with Crippen LogP contribution in [-0.4, -0.2) is 6.10 Å². The van der Waals surface area contributed by atoms with Crippen LogP contribution in [0.25, 0.3) is 0 Å². The van der Waals surface area contributed by atoms with Gasteiger partial charge < -0.3 is 4.74 Å². The Kier molecular flexibility index (Phi) is 7.81. The van der Waals surface area contributed by atoms with Crippen LogP contribution >= 0.6 is 0 Å². The molecule has 0 bridgehead atoms. The molecule has 0 heterocycles. The molecule has 0 aliphatic heterocycles. The van der Waals surface area contributed by atoms with E-state index in [9.17, 15) is 0 Å². The highest BCUT2D eigenvalue weighted by Gasteiger charge is 2.21. The van der Waals surface area contributed by atoms with E-state index >= 15 is 0 Å². The fourth-order valence-electron chi connectivity index (χ4n) is 3.08. The van der Waals surface area contributed by atoms with Gasteiger partial charge in [0.15, 0.2) is 0 Å². The molecule has 124 valence electrons. The third-order valence-corrected chi connectivity index (χ3v) is 4.52. The first-order valence-electron chi connectivity index (χ1n) is 8.63. The minimum atomic E-state index is 0.367. The molecular formula is C21H24N2O. The summed E-state index contributed by atoms with van der Waals surface area (Å²) in [6.45, 7) is 0.634. The van der Waals surface area contributed by atoms with E-state index in [-0.39, 0.29) is 0 Å². The molecule has 1 fully saturated rings.